The second kappa shape index (κ2) is 3.22. The molecule has 0 spiro atoms. The Morgan fingerprint density at radius 3 is 2.36 bits per heavy atom. The van der Waals surface area contributed by atoms with Gasteiger partial charge in [0.05, 0.1) is 16.8 Å². The molecule has 0 bridgehead atoms. The molecule has 0 fully saturated rings. The number of para-hydroxylation sites is 2. The molecule has 1 heterocycles. The molecule has 0 saturated carbocycles. The highest BCUT2D eigenvalue weighted by Gasteiger charge is 2.23. The molecule has 1 aromatic carbocycles. The van der Waals surface area contributed by atoms with Crippen LogP contribution in [0.5, 0.6) is 0 Å². The molecule has 0 aromatic heterocycles. The van der Waals surface area contributed by atoms with Crippen molar-refractivity contribution in [1.29, 1.82) is 5.26 Å². The first-order valence-corrected chi connectivity index (χ1v) is 4.65. The van der Waals surface area contributed by atoms with Gasteiger partial charge in [-0.2, -0.15) is 5.26 Å². The van der Waals surface area contributed by atoms with Crippen LogP contribution in [-0.4, -0.2) is 5.66 Å². The summed E-state index contributed by atoms with van der Waals surface area (Å²) in [5, 5.41) is 10.4. The Bertz CT molecular complexity index is 461. The van der Waals surface area contributed by atoms with Gasteiger partial charge in [0.2, 0.25) is 0 Å². The van der Waals surface area contributed by atoms with Crippen molar-refractivity contribution in [2.45, 2.75) is 25.4 Å². The third-order valence-electron chi connectivity index (χ3n) is 2.31. The number of nitriles is 1. The predicted octanol–water partition coefficient (Wildman–Crippen LogP) is 0.959. The van der Waals surface area contributed by atoms with E-state index in [9.17, 15) is 0 Å². The Labute approximate surface area is 82.4 Å². The first-order chi connectivity index (χ1) is 6.73. The molecule has 70 valence electrons. The Balaban J connectivity index is 2.39. The van der Waals surface area contributed by atoms with Gasteiger partial charge in [-0.05, 0) is 19.1 Å². The maximum Gasteiger partial charge on any atom is 0.149 e. The highest BCUT2D eigenvalue weighted by Crippen LogP contribution is 2.19. The van der Waals surface area contributed by atoms with Crippen LogP contribution in [0.1, 0.15) is 19.8 Å². The fraction of sp³-hybridized carbons (Fsp3) is 0.364. The van der Waals surface area contributed by atoms with Gasteiger partial charge in [-0.1, -0.05) is 12.1 Å². The summed E-state index contributed by atoms with van der Waals surface area (Å²) in [7, 11) is 0. The van der Waals surface area contributed by atoms with Crippen molar-refractivity contribution < 1.29 is 0 Å². The second-order valence-corrected chi connectivity index (χ2v) is 3.59. The molecule has 1 aliphatic rings. The molecule has 14 heavy (non-hydrogen) atoms. The molecule has 3 heteroatoms. The summed E-state index contributed by atoms with van der Waals surface area (Å²) in [4.78, 5) is 9.01. The van der Waals surface area contributed by atoms with Gasteiger partial charge in [0.25, 0.3) is 0 Å². The van der Waals surface area contributed by atoms with Crippen LogP contribution in [0.4, 0.5) is 0 Å². The fourth-order valence-corrected chi connectivity index (χ4v) is 1.60. The van der Waals surface area contributed by atoms with Crippen molar-refractivity contribution in [3.8, 4) is 6.07 Å². The lowest BCUT2D eigenvalue weighted by Gasteiger charge is -2.14. The number of hydrogen-bond donors (Lipinski definition) is 0. The zero-order chi connectivity index (χ0) is 10.0. The minimum Gasteiger partial charge on any atom is -0.254 e. The first-order valence-electron chi connectivity index (χ1n) is 4.65. The van der Waals surface area contributed by atoms with Crippen molar-refractivity contribution in [2.75, 3.05) is 0 Å². The zero-order valence-electron chi connectivity index (χ0n) is 8.07. The van der Waals surface area contributed by atoms with E-state index in [1.807, 2.05) is 31.2 Å². The van der Waals surface area contributed by atoms with Gasteiger partial charge in [0.1, 0.15) is 5.66 Å². The van der Waals surface area contributed by atoms with Crippen LogP contribution < -0.4 is 10.7 Å². The first kappa shape index (κ1) is 8.89. The van der Waals surface area contributed by atoms with E-state index in [2.05, 4.69) is 16.1 Å². The minimum absolute atomic E-state index is 0.417. The molecule has 0 amide bonds. The molecule has 1 aromatic rings. The highest BCUT2D eigenvalue weighted by atomic mass is 15.1. The lowest BCUT2D eigenvalue weighted by molar-refractivity contribution is 0.460. The van der Waals surface area contributed by atoms with Gasteiger partial charge in [0, 0.05) is 12.8 Å². The number of hydrogen-bond acceptors (Lipinski definition) is 3. The molecule has 0 atom stereocenters. The number of nitrogens with zero attached hydrogens (tertiary/aromatic N) is 3. The van der Waals surface area contributed by atoms with Crippen molar-refractivity contribution in [2.24, 2.45) is 9.98 Å². The monoisotopic (exact) mass is 185 g/mol. The molecule has 0 N–H and O–H groups in total. The molecular formula is C11H11N3. The van der Waals surface area contributed by atoms with Crippen molar-refractivity contribution >= 4 is 0 Å². The van der Waals surface area contributed by atoms with E-state index in [1.54, 1.807) is 0 Å². The predicted molar refractivity (Wildman–Crippen MR) is 52.0 cm³/mol. The molecule has 0 radical (unpaired) electrons. The molecular weight excluding hydrogens is 174 g/mol. The highest BCUT2D eigenvalue weighted by molar-refractivity contribution is 5.07. The van der Waals surface area contributed by atoms with Crippen LogP contribution in [0.2, 0.25) is 0 Å². The summed E-state index contributed by atoms with van der Waals surface area (Å²) < 4.78 is 0. The van der Waals surface area contributed by atoms with Gasteiger partial charge >= 0.3 is 0 Å². The third-order valence-corrected chi connectivity index (χ3v) is 2.31. The lowest BCUT2D eigenvalue weighted by Crippen LogP contribution is -2.19. The third kappa shape index (κ3) is 1.51. The van der Waals surface area contributed by atoms with E-state index >= 15 is 0 Å². The molecule has 0 unspecified atom stereocenters. The molecule has 3 nitrogen and oxygen atoms in total. The number of benzene rings is 1. The molecule has 2 rings (SSSR count). The zero-order valence-corrected chi connectivity index (χ0v) is 8.07. The molecule has 1 aliphatic heterocycles. The smallest absolute Gasteiger partial charge is 0.149 e. The standard InChI is InChI=1S/C11H11N3/c1-11(7-4-8-12)13-9-5-2-3-6-10(9)14-11/h2-3,5-6H,4,7H2,1H3. The van der Waals surface area contributed by atoms with Crippen LogP contribution >= 0.6 is 0 Å². The van der Waals surface area contributed by atoms with Crippen molar-refractivity contribution in [1.82, 2.24) is 0 Å². The van der Waals surface area contributed by atoms with Crippen LogP contribution in [0.15, 0.2) is 34.3 Å². The largest absolute Gasteiger partial charge is 0.254 e. The quantitative estimate of drug-likeness (QED) is 0.677. The van der Waals surface area contributed by atoms with Gasteiger partial charge < -0.3 is 0 Å². The lowest BCUT2D eigenvalue weighted by atomic mass is 10.1. The summed E-state index contributed by atoms with van der Waals surface area (Å²) in [6, 6.07) is 9.94. The minimum atomic E-state index is -0.417. The van der Waals surface area contributed by atoms with E-state index in [-0.39, 0.29) is 0 Å². The summed E-state index contributed by atoms with van der Waals surface area (Å²) in [5.41, 5.74) is -0.417. The molecule has 0 saturated heterocycles. The average molecular weight is 185 g/mol. The van der Waals surface area contributed by atoms with E-state index in [1.165, 1.54) is 0 Å². The Morgan fingerprint density at radius 2 is 1.86 bits per heavy atom. The van der Waals surface area contributed by atoms with Crippen molar-refractivity contribution in [3.63, 3.8) is 0 Å². The van der Waals surface area contributed by atoms with Crippen LogP contribution in [0.3, 0.4) is 0 Å². The second-order valence-electron chi connectivity index (χ2n) is 3.59. The van der Waals surface area contributed by atoms with Gasteiger partial charge in [-0.3, -0.25) is 9.98 Å². The molecule has 0 aliphatic carbocycles. The summed E-state index contributed by atoms with van der Waals surface area (Å²) >= 11 is 0. The van der Waals surface area contributed by atoms with Crippen LogP contribution in [0, 0.1) is 11.3 Å². The Hall–Kier alpha value is -1.69. The number of rotatable bonds is 2. The van der Waals surface area contributed by atoms with Crippen LogP contribution in [0.25, 0.3) is 0 Å². The van der Waals surface area contributed by atoms with E-state index in [4.69, 9.17) is 5.26 Å². The fourth-order valence-electron chi connectivity index (χ4n) is 1.60. The summed E-state index contributed by atoms with van der Waals surface area (Å²) in [5.74, 6) is 0. The maximum absolute atomic E-state index is 8.52. The van der Waals surface area contributed by atoms with E-state index in [0.29, 0.717) is 12.8 Å². The topological polar surface area (TPSA) is 48.5 Å². The van der Waals surface area contributed by atoms with Crippen molar-refractivity contribution in [3.05, 3.63) is 35.0 Å². The Kier molecular flexibility index (Phi) is 2.05. The van der Waals surface area contributed by atoms with E-state index < -0.39 is 5.66 Å². The van der Waals surface area contributed by atoms with Gasteiger partial charge in [-0.15, -0.1) is 0 Å². The average Bonchev–Trinajstić information content (AvgIpc) is 2.51. The van der Waals surface area contributed by atoms with Gasteiger partial charge in [-0.25, -0.2) is 0 Å². The number of fused-ring (bicyclic) bond motifs is 1. The SMILES string of the molecule is CC1(CCC#N)N=c2ccccc2=N1. The Morgan fingerprint density at radius 1 is 1.29 bits per heavy atom. The van der Waals surface area contributed by atoms with Crippen LogP contribution in [-0.2, 0) is 0 Å². The maximum atomic E-state index is 8.52. The van der Waals surface area contributed by atoms with E-state index in [0.717, 1.165) is 10.7 Å². The normalized spacial score (nSPS) is 16.3. The van der Waals surface area contributed by atoms with Gasteiger partial charge in [0.15, 0.2) is 0 Å². The summed E-state index contributed by atoms with van der Waals surface area (Å²) in [6.45, 7) is 1.96. The summed E-state index contributed by atoms with van der Waals surface area (Å²) in [6.07, 6.45) is 1.19.